The number of anilines is 1. The van der Waals surface area contributed by atoms with Crippen LogP contribution in [0.5, 0.6) is 5.75 Å². The predicted octanol–water partition coefficient (Wildman–Crippen LogP) is 6.67. The molecule has 0 atom stereocenters. The molecule has 56 heavy (non-hydrogen) atoms. The monoisotopic (exact) mass is 790 g/mol. The normalized spacial score (nSPS) is 18.2. The van der Waals surface area contributed by atoms with Gasteiger partial charge in [0, 0.05) is 59.4 Å². The molecule has 0 saturated carbocycles. The van der Waals surface area contributed by atoms with Crippen LogP contribution in [0.4, 0.5) is 11.4 Å². The average molecular weight is 791 g/mol. The highest BCUT2D eigenvalue weighted by atomic mass is 32.2. The van der Waals surface area contributed by atoms with Crippen molar-refractivity contribution in [1.29, 1.82) is 0 Å². The molecule has 6 rings (SSSR count). The number of benzene rings is 2. The van der Waals surface area contributed by atoms with E-state index in [2.05, 4.69) is 74.5 Å². The maximum absolute atomic E-state index is 12.1. The number of carbonyl (C=O) groups is 1. The molecule has 0 radical (unpaired) electrons. The second-order valence-corrected chi connectivity index (χ2v) is 17.9. The zero-order valence-electron chi connectivity index (χ0n) is 33.9. The van der Waals surface area contributed by atoms with Gasteiger partial charge in [-0.1, -0.05) is 32.9 Å². The van der Waals surface area contributed by atoms with Crippen molar-refractivity contribution in [2.75, 3.05) is 77.4 Å². The lowest BCUT2D eigenvalue weighted by molar-refractivity contribution is -0.442. The summed E-state index contributed by atoms with van der Waals surface area (Å²) in [7, 11) is -4.63. The Labute approximate surface area is 332 Å². The molecule has 0 aliphatic carbocycles. The Bertz CT molecular complexity index is 2020. The van der Waals surface area contributed by atoms with Crippen molar-refractivity contribution in [3.63, 3.8) is 0 Å². The summed E-state index contributed by atoms with van der Waals surface area (Å²) in [5, 5.41) is 0. The second kappa shape index (κ2) is 17.9. The lowest BCUT2D eigenvalue weighted by Gasteiger charge is -2.40. The van der Waals surface area contributed by atoms with Crippen LogP contribution in [-0.4, -0.2) is 102 Å². The van der Waals surface area contributed by atoms with Crippen molar-refractivity contribution >= 4 is 38.6 Å². The zero-order valence-corrected chi connectivity index (χ0v) is 34.7. The lowest BCUT2D eigenvalue weighted by Crippen LogP contribution is -2.35. The Morgan fingerprint density at radius 1 is 0.946 bits per heavy atom. The molecule has 304 valence electrons. The van der Waals surface area contributed by atoms with E-state index in [1.807, 2.05) is 0 Å². The van der Waals surface area contributed by atoms with Gasteiger partial charge in [-0.3, -0.25) is 4.79 Å². The van der Waals surface area contributed by atoms with Crippen molar-refractivity contribution < 1.29 is 46.0 Å². The van der Waals surface area contributed by atoms with Gasteiger partial charge in [-0.05, 0) is 81.9 Å². The smallest absolute Gasteiger partial charge is 0.209 e. The number of ether oxygens (including phenoxy) is 5. The van der Waals surface area contributed by atoms with E-state index in [1.165, 1.54) is 28.9 Å². The number of hydrogen-bond donors (Lipinski definition) is 0. The Morgan fingerprint density at radius 2 is 1.59 bits per heavy atom. The van der Waals surface area contributed by atoms with Gasteiger partial charge in [0.25, 0.3) is 0 Å². The van der Waals surface area contributed by atoms with Crippen molar-refractivity contribution in [2.24, 2.45) is 5.41 Å². The van der Waals surface area contributed by atoms with Crippen LogP contribution in [0.1, 0.15) is 83.1 Å². The summed E-state index contributed by atoms with van der Waals surface area (Å²) < 4.78 is 67.6. The topological polar surface area (TPSA) is 127 Å². The summed E-state index contributed by atoms with van der Waals surface area (Å²) >= 11 is 0. The maximum atomic E-state index is 12.1. The average Bonchev–Trinajstić information content (AvgIpc) is 3.35. The van der Waals surface area contributed by atoms with E-state index in [-0.39, 0.29) is 16.1 Å². The molecule has 4 aliphatic heterocycles. The first-order chi connectivity index (χ1) is 26.7. The molecule has 4 heterocycles. The number of nitrogens with zero attached hydrogens (tertiary/aromatic N) is 2. The van der Waals surface area contributed by atoms with Crippen LogP contribution in [0.15, 0.2) is 59.2 Å². The summed E-state index contributed by atoms with van der Waals surface area (Å²) in [5.74, 6) is 2.02. The summed E-state index contributed by atoms with van der Waals surface area (Å²) in [4.78, 5) is 13.3. The third-order valence-electron chi connectivity index (χ3n) is 10.9. The lowest BCUT2D eigenvalue weighted by atomic mass is 9.81. The fraction of sp³-hybridized carbons (Fsp3) is 0.545. The Hall–Kier alpha value is -3.65. The van der Waals surface area contributed by atoms with Gasteiger partial charge in [0.1, 0.15) is 34.0 Å². The van der Waals surface area contributed by atoms with E-state index in [0.29, 0.717) is 65.8 Å². The minimum absolute atomic E-state index is 0.106. The zero-order chi connectivity index (χ0) is 40.1. The number of hydrogen-bond acceptors (Lipinski definition) is 10. The highest BCUT2D eigenvalue weighted by Gasteiger charge is 2.44. The third-order valence-corrected chi connectivity index (χ3v) is 11.7. The number of carbonyl (C=O) groups excluding carboxylic acids is 1. The van der Waals surface area contributed by atoms with Crippen molar-refractivity contribution in [1.82, 2.24) is 0 Å². The highest BCUT2D eigenvalue weighted by Crippen LogP contribution is 2.49. The molecule has 0 unspecified atom stereocenters. The van der Waals surface area contributed by atoms with E-state index in [1.54, 1.807) is 13.0 Å². The van der Waals surface area contributed by atoms with Crippen LogP contribution in [-0.2, 0) is 52.1 Å². The van der Waals surface area contributed by atoms with Gasteiger partial charge in [0.2, 0.25) is 5.69 Å². The number of aryl methyl sites for hydroxylation is 1. The van der Waals surface area contributed by atoms with Gasteiger partial charge < -0.3 is 33.1 Å². The van der Waals surface area contributed by atoms with Crippen LogP contribution < -0.4 is 9.64 Å². The Kier molecular flexibility index (Phi) is 13.4. The number of Topliss-reactive ketones (excluding diaryl/α,β-unsaturated/α-hetero) is 1. The van der Waals surface area contributed by atoms with E-state index < -0.39 is 15.5 Å². The fourth-order valence-electron chi connectivity index (χ4n) is 7.96. The van der Waals surface area contributed by atoms with Gasteiger partial charge in [0.15, 0.2) is 12.3 Å². The van der Waals surface area contributed by atoms with E-state index in [9.17, 15) is 17.8 Å². The molecule has 0 fully saturated rings. The Morgan fingerprint density at radius 3 is 2.23 bits per heavy atom. The first-order valence-electron chi connectivity index (χ1n) is 19.9. The summed E-state index contributed by atoms with van der Waals surface area (Å²) in [6, 6.07) is 6.97. The molecule has 11 nitrogen and oxygen atoms in total. The van der Waals surface area contributed by atoms with Crippen molar-refractivity contribution in [3.05, 3.63) is 76.6 Å². The van der Waals surface area contributed by atoms with Crippen LogP contribution in [0, 0.1) is 5.41 Å². The highest BCUT2D eigenvalue weighted by molar-refractivity contribution is 7.85. The van der Waals surface area contributed by atoms with Gasteiger partial charge in [-0.2, -0.15) is 4.58 Å². The van der Waals surface area contributed by atoms with Crippen molar-refractivity contribution in [3.8, 4) is 5.75 Å². The molecular formula is C44H58N2O9S. The third kappa shape index (κ3) is 9.71. The molecule has 0 saturated heterocycles. The largest absolute Gasteiger partial charge is 0.744 e. The summed E-state index contributed by atoms with van der Waals surface area (Å²) in [5.41, 5.74) is 8.13. The van der Waals surface area contributed by atoms with E-state index in [0.717, 1.165) is 78.4 Å². The number of rotatable bonds is 18. The molecule has 0 amide bonds. The van der Waals surface area contributed by atoms with E-state index in [4.69, 9.17) is 23.7 Å². The minimum Gasteiger partial charge on any atom is -0.744 e. The summed E-state index contributed by atoms with van der Waals surface area (Å²) in [6.45, 7) is 18.3. The molecule has 0 bridgehead atoms. The maximum Gasteiger partial charge on any atom is 0.209 e. The molecule has 4 aliphatic rings. The van der Waals surface area contributed by atoms with Gasteiger partial charge in [0.05, 0.1) is 56.6 Å². The van der Waals surface area contributed by atoms with Crippen LogP contribution in [0.3, 0.4) is 0 Å². The molecule has 12 heteroatoms. The first kappa shape index (κ1) is 42.0. The summed E-state index contributed by atoms with van der Waals surface area (Å²) in [6.07, 6.45) is 13.3. The van der Waals surface area contributed by atoms with Gasteiger partial charge in [-0.25, -0.2) is 8.42 Å². The first-order valence-corrected chi connectivity index (χ1v) is 21.4. The van der Waals surface area contributed by atoms with Crippen LogP contribution in [0.2, 0.25) is 0 Å². The number of fused-ring (bicyclic) bond motifs is 3. The SMILES string of the molecule is CC(=O)CCOCCOCCOCCOCC[N+]1=C(C=CC=C2C=C(C(C)(C)C)Oc3c2cc2c4c3CCCN4CCC2)C(C)(C)c2cc(S(=O)(=O)[O-])ccc21. The molecular weight excluding hydrogens is 733 g/mol. The predicted molar refractivity (Wildman–Crippen MR) is 216 cm³/mol. The number of ketones is 1. The molecule has 0 N–H and O–H groups in total. The number of allylic oxidation sites excluding steroid dienone is 6. The standard InChI is InChI=1S/C44H58N2O9S/c1-31(47)16-20-51-22-24-53-26-27-54-25-23-52-21-19-46-38-15-14-34(56(48,49)50)30-37(38)44(5,6)39(46)13-7-10-32-29-40(43(2,3)4)55-42-35-12-9-18-45-17-8-11-33(41(35)45)28-36(32)42/h7,10,13-15,28-30H,8-9,11-12,16-27H2,1-6H3. The Balaban J connectivity index is 1.18. The fourth-order valence-corrected chi connectivity index (χ4v) is 8.45. The quantitative estimate of drug-likeness (QED) is 0.0918. The molecule has 0 spiro atoms. The second-order valence-electron chi connectivity index (χ2n) is 16.5. The van der Waals surface area contributed by atoms with Gasteiger partial charge in [-0.15, -0.1) is 0 Å². The van der Waals surface area contributed by atoms with Gasteiger partial charge >= 0.3 is 0 Å². The minimum atomic E-state index is -4.63. The van der Waals surface area contributed by atoms with Crippen LogP contribution in [0.25, 0.3) is 5.57 Å². The van der Waals surface area contributed by atoms with Crippen LogP contribution >= 0.6 is 0 Å². The van der Waals surface area contributed by atoms with E-state index >= 15 is 0 Å². The molecule has 2 aromatic carbocycles. The molecule has 0 aromatic heterocycles. The molecule has 2 aromatic rings. The van der Waals surface area contributed by atoms with Crippen molar-refractivity contribution in [2.45, 2.75) is 84.0 Å².